The number of aromatic nitrogens is 2. The summed E-state index contributed by atoms with van der Waals surface area (Å²) in [5.74, 6) is -0.639. The van der Waals surface area contributed by atoms with Gasteiger partial charge in [-0.25, -0.2) is 4.98 Å². The van der Waals surface area contributed by atoms with E-state index in [4.69, 9.17) is 0 Å². The number of carbonyl (C=O) groups is 2. The molecular weight excluding hydrogens is 425 g/mol. The summed E-state index contributed by atoms with van der Waals surface area (Å²) in [5.41, 5.74) is 1.07. The number of hydrogen-bond acceptors (Lipinski definition) is 6. The monoisotopic (exact) mass is 450 g/mol. The Morgan fingerprint density at radius 2 is 2.06 bits per heavy atom. The third-order valence-corrected chi connectivity index (χ3v) is 4.91. The highest BCUT2D eigenvalue weighted by molar-refractivity contribution is 5.99. The molecule has 0 saturated carbocycles. The minimum absolute atomic E-state index is 0.00941. The molecule has 11 heteroatoms. The third kappa shape index (κ3) is 5.65. The first-order valence-electron chi connectivity index (χ1n) is 10.2. The van der Waals surface area contributed by atoms with Gasteiger partial charge in [-0.15, -0.1) is 0 Å². The number of halogens is 3. The zero-order valence-corrected chi connectivity index (χ0v) is 18.0. The summed E-state index contributed by atoms with van der Waals surface area (Å²) in [7, 11) is 1.66. The van der Waals surface area contributed by atoms with E-state index in [1.807, 2.05) is 0 Å². The largest absolute Gasteiger partial charge is 0.421 e. The number of alkyl halides is 3. The van der Waals surface area contributed by atoms with Gasteiger partial charge in [0.2, 0.25) is 17.8 Å². The minimum atomic E-state index is -4.62. The standard InChI is InChI=1S/C21H25F3N6O2/c1-12(2)19(32)30(3)8-4-7-25-18-15(21(22,23)24)11-26-20(29-18)27-14-5-6-16-13(9-14)10-17(31)28-16/h5-6,9,11-12H,4,7-8,10H2,1-3H3,(H,28,31)(H2,25,26,27,29). The molecule has 2 amide bonds. The van der Waals surface area contributed by atoms with E-state index in [2.05, 4.69) is 25.9 Å². The molecule has 0 spiro atoms. The molecule has 172 valence electrons. The third-order valence-electron chi connectivity index (χ3n) is 4.91. The molecule has 0 unspecified atom stereocenters. The number of nitrogens with one attached hydrogen (secondary N) is 3. The summed E-state index contributed by atoms with van der Waals surface area (Å²) in [6, 6.07) is 5.11. The average Bonchev–Trinajstić information content (AvgIpc) is 3.09. The molecule has 32 heavy (non-hydrogen) atoms. The lowest BCUT2D eigenvalue weighted by atomic mass is 10.1. The maximum absolute atomic E-state index is 13.4. The Bertz CT molecular complexity index is 1010. The van der Waals surface area contributed by atoms with E-state index in [1.165, 1.54) is 0 Å². The number of carbonyl (C=O) groups excluding carboxylic acids is 2. The number of rotatable bonds is 8. The first kappa shape index (κ1) is 23.3. The van der Waals surface area contributed by atoms with Gasteiger partial charge in [0.1, 0.15) is 11.4 Å². The SMILES string of the molecule is CC(C)C(=O)N(C)CCCNc1nc(Nc2ccc3c(c2)CC(=O)N3)ncc1C(F)(F)F. The Hall–Kier alpha value is -3.37. The smallest absolute Gasteiger partial charge is 0.369 e. The van der Waals surface area contributed by atoms with Crippen molar-refractivity contribution in [3.05, 3.63) is 35.5 Å². The second kappa shape index (κ2) is 9.41. The van der Waals surface area contributed by atoms with E-state index in [-0.39, 0.29) is 42.5 Å². The summed E-state index contributed by atoms with van der Waals surface area (Å²) < 4.78 is 40.2. The summed E-state index contributed by atoms with van der Waals surface area (Å²) in [6.45, 7) is 4.18. The van der Waals surface area contributed by atoms with Crippen LogP contribution in [0.5, 0.6) is 0 Å². The molecule has 0 atom stereocenters. The van der Waals surface area contributed by atoms with E-state index in [9.17, 15) is 22.8 Å². The molecule has 2 heterocycles. The Morgan fingerprint density at radius 1 is 1.31 bits per heavy atom. The van der Waals surface area contributed by atoms with Crippen LogP contribution in [0.2, 0.25) is 0 Å². The molecular formula is C21H25F3N6O2. The zero-order valence-electron chi connectivity index (χ0n) is 18.0. The zero-order chi connectivity index (χ0) is 23.5. The summed E-state index contributed by atoms with van der Waals surface area (Å²) in [4.78, 5) is 32.7. The van der Waals surface area contributed by atoms with Gasteiger partial charge in [0, 0.05) is 43.6 Å². The molecule has 0 fully saturated rings. The molecule has 3 rings (SSSR count). The van der Waals surface area contributed by atoms with E-state index in [0.717, 1.165) is 11.8 Å². The number of hydrogen-bond donors (Lipinski definition) is 3. The van der Waals surface area contributed by atoms with Crippen molar-refractivity contribution in [3.63, 3.8) is 0 Å². The lowest BCUT2D eigenvalue weighted by Crippen LogP contribution is -2.32. The van der Waals surface area contributed by atoms with Crippen molar-refractivity contribution in [1.82, 2.24) is 14.9 Å². The van der Waals surface area contributed by atoms with Crippen molar-refractivity contribution in [2.45, 2.75) is 32.9 Å². The van der Waals surface area contributed by atoms with Gasteiger partial charge in [-0.3, -0.25) is 9.59 Å². The van der Waals surface area contributed by atoms with Gasteiger partial charge >= 0.3 is 6.18 Å². The number of benzene rings is 1. The summed E-state index contributed by atoms with van der Waals surface area (Å²) in [5, 5.41) is 8.31. The Labute approximate surface area is 183 Å². The molecule has 8 nitrogen and oxygen atoms in total. The molecule has 1 aromatic carbocycles. The maximum Gasteiger partial charge on any atom is 0.421 e. The fourth-order valence-corrected chi connectivity index (χ4v) is 3.29. The van der Waals surface area contributed by atoms with Crippen LogP contribution in [-0.2, 0) is 22.2 Å². The average molecular weight is 450 g/mol. The van der Waals surface area contributed by atoms with E-state index in [0.29, 0.717) is 24.3 Å². The maximum atomic E-state index is 13.4. The number of nitrogens with zero attached hydrogens (tertiary/aromatic N) is 3. The van der Waals surface area contributed by atoms with Crippen LogP contribution in [0.4, 0.5) is 36.3 Å². The van der Waals surface area contributed by atoms with Crippen LogP contribution in [-0.4, -0.2) is 46.8 Å². The van der Waals surface area contributed by atoms with Crippen LogP contribution in [0.3, 0.4) is 0 Å². The van der Waals surface area contributed by atoms with Crippen molar-refractivity contribution in [3.8, 4) is 0 Å². The van der Waals surface area contributed by atoms with Crippen LogP contribution in [0, 0.1) is 5.92 Å². The fourth-order valence-electron chi connectivity index (χ4n) is 3.29. The first-order chi connectivity index (χ1) is 15.0. The van der Waals surface area contributed by atoms with Crippen LogP contribution in [0.15, 0.2) is 24.4 Å². The van der Waals surface area contributed by atoms with Crippen molar-refractivity contribution in [2.75, 3.05) is 36.1 Å². The highest BCUT2D eigenvalue weighted by atomic mass is 19.4. The van der Waals surface area contributed by atoms with E-state index in [1.54, 1.807) is 44.0 Å². The van der Waals surface area contributed by atoms with Gasteiger partial charge in [-0.1, -0.05) is 13.8 Å². The van der Waals surface area contributed by atoms with Gasteiger partial charge in [0.25, 0.3) is 0 Å². The lowest BCUT2D eigenvalue weighted by molar-refractivity contribution is -0.137. The van der Waals surface area contributed by atoms with Gasteiger partial charge in [-0.05, 0) is 30.2 Å². The second-order valence-corrected chi connectivity index (χ2v) is 7.87. The highest BCUT2D eigenvalue weighted by Crippen LogP contribution is 2.34. The van der Waals surface area contributed by atoms with Gasteiger partial charge in [0.05, 0.1) is 6.42 Å². The highest BCUT2D eigenvalue weighted by Gasteiger charge is 2.35. The molecule has 2 aromatic rings. The predicted molar refractivity (Wildman–Crippen MR) is 115 cm³/mol. The molecule has 1 aliphatic heterocycles. The summed E-state index contributed by atoms with van der Waals surface area (Å²) >= 11 is 0. The van der Waals surface area contributed by atoms with Crippen LogP contribution in [0.25, 0.3) is 0 Å². The Morgan fingerprint density at radius 3 is 2.75 bits per heavy atom. The molecule has 1 aromatic heterocycles. The Balaban J connectivity index is 1.69. The van der Waals surface area contributed by atoms with Crippen LogP contribution >= 0.6 is 0 Å². The number of fused-ring (bicyclic) bond motifs is 1. The van der Waals surface area contributed by atoms with Gasteiger partial charge in [-0.2, -0.15) is 18.2 Å². The normalized spacial score (nSPS) is 13.0. The van der Waals surface area contributed by atoms with Gasteiger partial charge in [0.15, 0.2) is 0 Å². The number of anilines is 4. The summed E-state index contributed by atoms with van der Waals surface area (Å²) in [6.07, 6.45) is -3.21. The van der Waals surface area contributed by atoms with Crippen molar-refractivity contribution in [1.29, 1.82) is 0 Å². The van der Waals surface area contributed by atoms with Crippen LogP contribution < -0.4 is 16.0 Å². The molecule has 0 aliphatic carbocycles. The van der Waals surface area contributed by atoms with Crippen molar-refractivity contribution in [2.24, 2.45) is 5.92 Å². The Kier molecular flexibility index (Phi) is 6.85. The molecule has 0 saturated heterocycles. The topological polar surface area (TPSA) is 99.3 Å². The predicted octanol–water partition coefficient (Wildman–Crippen LogP) is 3.65. The molecule has 3 N–H and O–H groups in total. The number of amides is 2. The van der Waals surface area contributed by atoms with Crippen LogP contribution in [0.1, 0.15) is 31.4 Å². The quantitative estimate of drug-likeness (QED) is 0.531. The van der Waals surface area contributed by atoms with Crippen molar-refractivity contribution < 1.29 is 22.8 Å². The van der Waals surface area contributed by atoms with Crippen molar-refractivity contribution >= 4 is 35.0 Å². The van der Waals surface area contributed by atoms with Gasteiger partial charge < -0.3 is 20.9 Å². The van der Waals surface area contributed by atoms with E-state index < -0.39 is 11.7 Å². The second-order valence-electron chi connectivity index (χ2n) is 7.87. The molecule has 0 bridgehead atoms. The lowest BCUT2D eigenvalue weighted by Gasteiger charge is -2.20. The first-order valence-corrected chi connectivity index (χ1v) is 10.2. The van der Waals surface area contributed by atoms with E-state index >= 15 is 0 Å². The minimum Gasteiger partial charge on any atom is -0.369 e. The molecule has 1 aliphatic rings. The molecule has 0 radical (unpaired) electrons. The fraction of sp³-hybridized carbons (Fsp3) is 0.429.